The van der Waals surface area contributed by atoms with E-state index in [2.05, 4.69) is 42.8 Å². The van der Waals surface area contributed by atoms with Gasteiger partial charge in [0.05, 0.1) is 7.11 Å². The number of ether oxygens (including phenoxy) is 1. The molecule has 0 spiro atoms. The molecule has 0 atom stereocenters. The van der Waals surface area contributed by atoms with Crippen molar-refractivity contribution in [3.8, 4) is 5.75 Å². The van der Waals surface area contributed by atoms with E-state index in [1.54, 1.807) is 7.11 Å². The Morgan fingerprint density at radius 1 is 0.941 bits per heavy atom. The predicted molar refractivity (Wildman–Crippen MR) is 71.2 cm³/mol. The van der Waals surface area contributed by atoms with Gasteiger partial charge in [0, 0.05) is 0 Å². The number of hydrogen-bond acceptors (Lipinski definition) is 1. The zero-order valence-corrected chi connectivity index (χ0v) is 10.1. The van der Waals surface area contributed by atoms with E-state index in [0.717, 1.165) is 18.6 Å². The second-order valence-corrected chi connectivity index (χ2v) is 4.00. The highest BCUT2D eigenvalue weighted by molar-refractivity contribution is 5.28. The summed E-state index contributed by atoms with van der Waals surface area (Å²) in [5.41, 5.74) is 2.64. The van der Waals surface area contributed by atoms with Crippen molar-refractivity contribution >= 4 is 0 Å². The number of aryl methyl sites for hydroxylation is 1. The molecule has 0 amide bonds. The summed E-state index contributed by atoms with van der Waals surface area (Å²) < 4.78 is 5.14. The predicted octanol–water partition coefficient (Wildman–Crippen LogP) is 3.88. The molecule has 1 radical (unpaired) electrons. The molecule has 0 aliphatic rings. The van der Waals surface area contributed by atoms with Crippen molar-refractivity contribution in [3.05, 3.63) is 72.1 Å². The average Bonchev–Trinajstić information content (AvgIpc) is 2.41. The SMILES string of the molecule is COc1ccc(CC[CH]c2ccccc2)cc1. The monoisotopic (exact) mass is 225 g/mol. The van der Waals surface area contributed by atoms with Gasteiger partial charge in [0.25, 0.3) is 0 Å². The fourth-order valence-corrected chi connectivity index (χ4v) is 1.79. The summed E-state index contributed by atoms with van der Waals surface area (Å²) in [4.78, 5) is 0. The van der Waals surface area contributed by atoms with Crippen LogP contribution in [0.5, 0.6) is 5.75 Å². The van der Waals surface area contributed by atoms with Gasteiger partial charge >= 0.3 is 0 Å². The van der Waals surface area contributed by atoms with Crippen molar-refractivity contribution in [2.45, 2.75) is 12.8 Å². The lowest BCUT2D eigenvalue weighted by atomic mass is 10.0. The van der Waals surface area contributed by atoms with Gasteiger partial charge in [-0.1, -0.05) is 42.5 Å². The van der Waals surface area contributed by atoms with E-state index in [1.807, 2.05) is 18.2 Å². The highest BCUT2D eigenvalue weighted by atomic mass is 16.5. The standard InChI is InChI=1S/C16H17O/c1-17-16-12-10-15(11-13-16)9-5-8-14-6-3-2-4-7-14/h2-4,6-8,10-13H,5,9H2,1H3. The third-order valence-electron chi connectivity index (χ3n) is 2.77. The van der Waals surface area contributed by atoms with E-state index in [9.17, 15) is 0 Å². The fourth-order valence-electron chi connectivity index (χ4n) is 1.79. The second kappa shape index (κ2) is 6.09. The molecule has 0 fully saturated rings. The van der Waals surface area contributed by atoms with E-state index in [4.69, 9.17) is 4.74 Å². The van der Waals surface area contributed by atoms with Crippen LogP contribution in [0.15, 0.2) is 54.6 Å². The van der Waals surface area contributed by atoms with Gasteiger partial charge in [-0.2, -0.15) is 0 Å². The van der Waals surface area contributed by atoms with Crippen LogP contribution < -0.4 is 4.74 Å². The summed E-state index contributed by atoms with van der Waals surface area (Å²) in [6.45, 7) is 0. The first-order valence-corrected chi connectivity index (χ1v) is 5.89. The van der Waals surface area contributed by atoms with Gasteiger partial charge in [-0.05, 0) is 42.5 Å². The van der Waals surface area contributed by atoms with Crippen molar-refractivity contribution < 1.29 is 4.74 Å². The average molecular weight is 225 g/mol. The maximum Gasteiger partial charge on any atom is 0.118 e. The molecule has 0 N–H and O–H groups in total. The minimum atomic E-state index is 0.917. The highest BCUT2D eigenvalue weighted by Gasteiger charge is 1.96. The molecule has 0 saturated heterocycles. The maximum absolute atomic E-state index is 5.14. The van der Waals surface area contributed by atoms with Gasteiger partial charge in [-0.3, -0.25) is 0 Å². The Balaban J connectivity index is 1.82. The molecule has 0 heterocycles. The molecule has 17 heavy (non-hydrogen) atoms. The summed E-state index contributed by atoms with van der Waals surface area (Å²) in [5, 5.41) is 0. The van der Waals surface area contributed by atoms with Crippen molar-refractivity contribution in [2.24, 2.45) is 0 Å². The first-order valence-electron chi connectivity index (χ1n) is 5.89. The molecular weight excluding hydrogens is 208 g/mol. The van der Waals surface area contributed by atoms with Crippen molar-refractivity contribution in [3.63, 3.8) is 0 Å². The van der Waals surface area contributed by atoms with E-state index < -0.39 is 0 Å². The number of rotatable bonds is 5. The van der Waals surface area contributed by atoms with Crippen LogP contribution in [0.25, 0.3) is 0 Å². The minimum absolute atomic E-state index is 0.917. The molecule has 1 heteroatoms. The van der Waals surface area contributed by atoms with Crippen LogP contribution in [0.2, 0.25) is 0 Å². The van der Waals surface area contributed by atoms with Crippen LogP contribution in [-0.4, -0.2) is 7.11 Å². The number of benzene rings is 2. The largest absolute Gasteiger partial charge is 0.497 e. The molecule has 0 unspecified atom stereocenters. The summed E-state index contributed by atoms with van der Waals surface area (Å²) >= 11 is 0. The summed E-state index contributed by atoms with van der Waals surface area (Å²) in [6.07, 6.45) is 4.40. The van der Waals surface area contributed by atoms with Crippen molar-refractivity contribution in [1.29, 1.82) is 0 Å². The number of hydrogen-bond donors (Lipinski definition) is 0. The molecule has 0 aliphatic heterocycles. The van der Waals surface area contributed by atoms with Crippen LogP contribution in [0.3, 0.4) is 0 Å². The first kappa shape index (κ1) is 11.7. The van der Waals surface area contributed by atoms with E-state index in [-0.39, 0.29) is 0 Å². The molecule has 2 aromatic carbocycles. The molecule has 87 valence electrons. The quantitative estimate of drug-likeness (QED) is 0.750. The van der Waals surface area contributed by atoms with Crippen LogP contribution in [0.4, 0.5) is 0 Å². The smallest absolute Gasteiger partial charge is 0.118 e. The van der Waals surface area contributed by atoms with Gasteiger partial charge < -0.3 is 4.74 Å². The lowest BCUT2D eigenvalue weighted by Crippen LogP contribution is -1.88. The summed E-state index contributed by atoms with van der Waals surface area (Å²) in [7, 11) is 1.69. The molecule has 1 nitrogen and oxygen atoms in total. The Labute approximate surface area is 103 Å². The normalized spacial score (nSPS) is 10.2. The molecule has 0 aromatic heterocycles. The van der Waals surface area contributed by atoms with Gasteiger partial charge in [0.15, 0.2) is 0 Å². The fraction of sp³-hybridized carbons (Fsp3) is 0.188. The molecule has 0 saturated carbocycles. The van der Waals surface area contributed by atoms with Gasteiger partial charge in [0.1, 0.15) is 5.75 Å². The van der Waals surface area contributed by atoms with Crippen LogP contribution >= 0.6 is 0 Å². The Bertz CT molecular complexity index is 431. The van der Waals surface area contributed by atoms with Crippen molar-refractivity contribution in [2.75, 3.05) is 7.11 Å². The van der Waals surface area contributed by atoms with Crippen LogP contribution in [-0.2, 0) is 6.42 Å². The minimum Gasteiger partial charge on any atom is -0.497 e. The van der Waals surface area contributed by atoms with E-state index >= 15 is 0 Å². The lowest BCUT2D eigenvalue weighted by Gasteiger charge is -2.03. The molecule has 0 aliphatic carbocycles. The maximum atomic E-state index is 5.14. The molecule has 2 rings (SSSR count). The molecular formula is C16H17O. The summed E-state index contributed by atoms with van der Waals surface area (Å²) in [6, 6.07) is 18.7. The van der Waals surface area contributed by atoms with Gasteiger partial charge in [-0.25, -0.2) is 0 Å². The Kier molecular flexibility index (Phi) is 4.20. The van der Waals surface area contributed by atoms with Gasteiger partial charge in [0.2, 0.25) is 0 Å². The topological polar surface area (TPSA) is 9.23 Å². The molecule has 0 bridgehead atoms. The van der Waals surface area contributed by atoms with Crippen LogP contribution in [0, 0.1) is 6.42 Å². The van der Waals surface area contributed by atoms with Crippen molar-refractivity contribution in [1.82, 2.24) is 0 Å². The Morgan fingerprint density at radius 3 is 2.29 bits per heavy atom. The zero-order valence-electron chi connectivity index (χ0n) is 10.1. The third kappa shape index (κ3) is 3.63. The highest BCUT2D eigenvalue weighted by Crippen LogP contribution is 2.14. The Morgan fingerprint density at radius 2 is 1.65 bits per heavy atom. The van der Waals surface area contributed by atoms with E-state index in [1.165, 1.54) is 11.1 Å². The molecule has 2 aromatic rings. The Hall–Kier alpha value is -1.76. The first-order chi connectivity index (χ1) is 8.38. The number of methoxy groups -OCH3 is 1. The van der Waals surface area contributed by atoms with E-state index in [0.29, 0.717) is 0 Å². The second-order valence-electron chi connectivity index (χ2n) is 4.00. The van der Waals surface area contributed by atoms with Crippen LogP contribution in [0.1, 0.15) is 17.5 Å². The lowest BCUT2D eigenvalue weighted by molar-refractivity contribution is 0.414. The summed E-state index contributed by atoms with van der Waals surface area (Å²) in [5.74, 6) is 0.917. The zero-order chi connectivity index (χ0) is 11.9. The third-order valence-corrected chi connectivity index (χ3v) is 2.77. The van der Waals surface area contributed by atoms with Gasteiger partial charge in [-0.15, -0.1) is 0 Å².